The Morgan fingerprint density at radius 3 is 2.50 bits per heavy atom. The van der Waals surface area contributed by atoms with E-state index in [-0.39, 0.29) is 11.6 Å². The van der Waals surface area contributed by atoms with Gasteiger partial charge in [0.2, 0.25) is 0 Å². The molecule has 0 aromatic heterocycles. The number of likely N-dealkylation sites (N-methyl/N-ethyl adjacent to an activating group) is 1. The maximum atomic E-state index is 11.4. The van der Waals surface area contributed by atoms with Gasteiger partial charge in [0.25, 0.3) is 5.91 Å². The molecule has 0 aliphatic heterocycles. The van der Waals surface area contributed by atoms with Crippen LogP contribution in [0.25, 0.3) is 0 Å². The van der Waals surface area contributed by atoms with Crippen LogP contribution in [-0.2, 0) is 9.63 Å². The first-order valence-electron chi connectivity index (χ1n) is 4.18. The minimum absolute atomic E-state index is 0.266. The van der Waals surface area contributed by atoms with Crippen LogP contribution in [0, 0.1) is 0 Å². The Morgan fingerprint density at radius 2 is 2.00 bits per heavy atom. The minimum atomic E-state index is -0.266. The van der Waals surface area contributed by atoms with Gasteiger partial charge >= 0.3 is 0 Å². The fourth-order valence-electron chi connectivity index (χ4n) is 1.03. The van der Waals surface area contributed by atoms with Gasteiger partial charge in [-0.15, -0.1) is 0 Å². The molecular weight excluding hydrogens is 180 g/mol. The van der Waals surface area contributed by atoms with Crippen molar-refractivity contribution in [3.8, 4) is 0 Å². The molecule has 0 bridgehead atoms. The molecule has 0 atom stereocenters. The quantitative estimate of drug-likeness (QED) is 0.568. The van der Waals surface area contributed by atoms with Gasteiger partial charge in [0.15, 0.2) is 5.71 Å². The summed E-state index contributed by atoms with van der Waals surface area (Å²) in [7, 11) is 2.96. The lowest BCUT2D eigenvalue weighted by Gasteiger charge is -2.03. The second-order valence-corrected chi connectivity index (χ2v) is 2.57. The fourth-order valence-corrected chi connectivity index (χ4v) is 1.03. The number of benzene rings is 1. The second kappa shape index (κ2) is 5.01. The van der Waals surface area contributed by atoms with Crippen LogP contribution in [0.4, 0.5) is 0 Å². The van der Waals surface area contributed by atoms with Crippen LogP contribution >= 0.6 is 0 Å². The van der Waals surface area contributed by atoms with Gasteiger partial charge in [-0.2, -0.15) is 0 Å². The molecule has 1 aromatic carbocycles. The first-order chi connectivity index (χ1) is 6.79. The van der Waals surface area contributed by atoms with E-state index in [9.17, 15) is 4.79 Å². The highest BCUT2D eigenvalue weighted by Crippen LogP contribution is 2.01. The Balaban J connectivity index is 3.02. The van der Waals surface area contributed by atoms with Crippen molar-refractivity contribution in [1.82, 2.24) is 5.32 Å². The first-order valence-corrected chi connectivity index (χ1v) is 4.18. The lowest BCUT2D eigenvalue weighted by molar-refractivity contribution is -0.114. The molecule has 74 valence electrons. The van der Waals surface area contributed by atoms with Gasteiger partial charge in [-0.1, -0.05) is 35.5 Å². The third kappa shape index (κ3) is 2.32. The third-order valence-corrected chi connectivity index (χ3v) is 1.67. The van der Waals surface area contributed by atoms with E-state index < -0.39 is 0 Å². The van der Waals surface area contributed by atoms with E-state index in [0.29, 0.717) is 0 Å². The third-order valence-electron chi connectivity index (χ3n) is 1.67. The molecule has 0 unspecified atom stereocenters. The number of nitrogens with zero attached hydrogens (tertiary/aromatic N) is 1. The molecule has 0 aliphatic rings. The number of hydrogen-bond acceptors (Lipinski definition) is 3. The number of carbonyl (C=O) groups excluding carboxylic acids is 1. The molecule has 0 saturated carbocycles. The molecule has 0 radical (unpaired) electrons. The van der Waals surface area contributed by atoms with Crippen LogP contribution in [0.15, 0.2) is 35.5 Å². The lowest BCUT2D eigenvalue weighted by Crippen LogP contribution is -2.28. The average molecular weight is 192 g/mol. The smallest absolute Gasteiger partial charge is 0.273 e. The van der Waals surface area contributed by atoms with E-state index >= 15 is 0 Å². The highest BCUT2D eigenvalue weighted by Gasteiger charge is 2.12. The summed E-state index contributed by atoms with van der Waals surface area (Å²) in [5.41, 5.74) is 1.00. The average Bonchev–Trinajstić information content (AvgIpc) is 2.26. The van der Waals surface area contributed by atoms with E-state index in [1.807, 2.05) is 18.2 Å². The van der Waals surface area contributed by atoms with Crippen molar-refractivity contribution in [2.24, 2.45) is 5.16 Å². The fraction of sp³-hybridized carbons (Fsp3) is 0.200. The molecule has 1 aromatic rings. The summed E-state index contributed by atoms with van der Waals surface area (Å²) in [4.78, 5) is 16.0. The molecule has 1 N–H and O–H groups in total. The Bertz CT molecular complexity index is 333. The van der Waals surface area contributed by atoms with Crippen molar-refractivity contribution in [2.75, 3.05) is 14.2 Å². The van der Waals surface area contributed by atoms with Gasteiger partial charge in [0.1, 0.15) is 7.11 Å². The zero-order chi connectivity index (χ0) is 10.4. The highest BCUT2D eigenvalue weighted by atomic mass is 16.6. The van der Waals surface area contributed by atoms with Crippen molar-refractivity contribution in [2.45, 2.75) is 0 Å². The van der Waals surface area contributed by atoms with Crippen molar-refractivity contribution >= 4 is 11.6 Å². The Hall–Kier alpha value is -1.84. The van der Waals surface area contributed by atoms with Crippen LogP contribution in [0.2, 0.25) is 0 Å². The second-order valence-electron chi connectivity index (χ2n) is 2.57. The molecule has 0 aliphatic carbocycles. The minimum Gasteiger partial charge on any atom is -0.398 e. The number of rotatable bonds is 3. The Labute approximate surface area is 82.6 Å². The van der Waals surface area contributed by atoms with Crippen LogP contribution < -0.4 is 5.32 Å². The van der Waals surface area contributed by atoms with Gasteiger partial charge in [-0.05, 0) is 0 Å². The zero-order valence-electron chi connectivity index (χ0n) is 8.15. The van der Waals surface area contributed by atoms with E-state index in [4.69, 9.17) is 0 Å². The summed E-state index contributed by atoms with van der Waals surface area (Å²) in [6.07, 6.45) is 0. The van der Waals surface area contributed by atoms with E-state index in [2.05, 4.69) is 15.3 Å². The molecule has 0 spiro atoms. The van der Waals surface area contributed by atoms with E-state index in [1.54, 1.807) is 19.2 Å². The largest absolute Gasteiger partial charge is 0.398 e. The number of nitrogens with one attached hydrogen (secondary N) is 1. The number of hydrogen-bond donors (Lipinski definition) is 1. The summed E-state index contributed by atoms with van der Waals surface area (Å²) in [5, 5.41) is 6.17. The van der Waals surface area contributed by atoms with Gasteiger partial charge in [0.05, 0.1) is 0 Å². The molecule has 0 saturated heterocycles. The topological polar surface area (TPSA) is 50.7 Å². The predicted octanol–water partition coefficient (Wildman–Crippen LogP) is 0.783. The summed E-state index contributed by atoms with van der Waals surface area (Å²) in [5.74, 6) is -0.266. The van der Waals surface area contributed by atoms with E-state index in [1.165, 1.54) is 7.11 Å². The van der Waals surface area contributed by atoms with Crippen LogP contribution in [0.5, 0.6) is 0 Å². The molecule has 4 nitrogen and oxygen atoms in total. The molecule has 0 heterocycles. The van der Waals surface area contributed by atoms with Crippen molar-refractivity contribution in [3.63, 3.8) is 0 Å². The van der Waals surface area contributed by atoms with Crippen LogP contribution in [0.3, 0.4) is 0 Å². The van der Waals surface area contributed by atoms with Crippen LogP contribution in [0.1, 0.15) is 5.56 Å². The number of oxime groups is 1. The van der Waals surface area contributed by atoms with Crippen molar-refractivity contribution < 1.29 is 9.63 Å². The Kier molecular flexibility index (Phi) is 3.67. The maximum absolute atomic E-state index is 11.4. The van der Waals surface area contributed by atoms with Crippen molar-refractivity contribution in [3.05, 3.63) is 35.9 Å². The van der Waals surface area contributed by atoms with Gasteiger partial charge in [-0.25, -0.2) is 0 Å². The molecule has 14 heavy (non-hydrogen) atoms. The van der Waals surface area contributed by atoms with Crippen molar-refractivity contribution in [1.29, 1.82) is 0 Å². The monoisotopic (exact) mass is 192 g/mol. The number of carbonyl (C=O) groups is 1. The van der Waals surface area contributed by atoms with Gasteiger partial charge < -0.3 is 10.2 Å². The molecular formula is C10H12N2O2. The highest BCUT2D eigenvalue weighted by molar-refractivity contribution is 6.45. The standard InChI is InChI=1S/C10H12N2O2/c1-11-10(13)9(12-14-2)8-6-4-3-5-7-8/h3-7H,1-2H3,(H,11,13)/b12-9-. The summed E-state index contributed by atoms with van der Waals surface area (Å²) < 4.78 is 0. The first kappa shape index (κ1) is 10.2. The SMILES string of the molecule is CNC(=O)/C(=N\OC)c1ccccc1. The van der Waals surface area contributed by atoms with Gasteiger partial charge in [0, 0.05) is 12.6 Å². The number of amides is 1. The zero-order valence-corrected chi connectivity index (χ0v) is 8.15. The lowest BCUT2D eigenvalue weighted by atomic mass is 10.1. The normalized spacial score (nSPS) is 10.9. The molecule has 4 heteroatoms. The molecule has 1 rings (SSSR count). The Morgan fingerprint density at radius 1 is 1.36 bits per heavy atom. The predicted molar refractivity (Wildman–Crippen MR) is 54.1 cm³/mol. The van der Waals surface area contributed by atoms with Crippen LogP contribution in [-0.4, -0.2) is 25.8 Å². The molecule has 1 amide bonds. The molecule has 0 fully saturated rings. The van der Waals surface area contributed by atoms with E-state index in [0.717, 1.165) is 5.56 Å². The summed E-state index contributed by atoms with van der Waals surface area (Å²) in [6.45, 7) is 0. The summed E-state index contributed by atoms with van der Waals surface area (Å²) >= 11 is 0. The summed E-state index contributed by atoms with van der Waals surface area (Å²) in [6, 6.07) is 9.14. The maximum Gasteiger partial charge on any atom is 0.273 e. The van der Waals surface area contributed by atoms with Gasteiger partial charge in [-0.3, -0.25) is 4.79 Å².